The molecule has 0 bridgehead atoms. The second kappa shape index (κ2) is 9.08. The van der Waals surface area contributed by atoms with Crippen molar-refractivity contribution in [2.24, 2.45) is 0 Å². The SMILES string of the molecule is CCCC1=CCCN(C(=O)/C=C/c2cc(OC)c(OC)c(OC)c2)C1=O. The zero-order valence-corrected chi connectivity index (χ0v) is 15.7. The fraction of sp³-hybridized carbons (Fsp3) is 0.400. The molecule has 140 valence electrons. The van der Waals surface area contributed by atoms with E-state index in [1.165, 1.54) is 32.3 Å². The second-order valence-electron chi connectivity index (χ2n) is 5.86. The zero-order chi connectivity index (χ0) is 19.1. The first-order valence-corrected chi connectivity index (χ1v) is 8.58. The van der Waals surface area contributed by atoms with E-state index in [2.05, 4.69) is 0 Å². The molecule has 2 rings (SSSR count). The smallest absolute Gasteiger partial charge is 0.256 e. The van der Waals surface area contributed by atoms with Gasteiger partial charge in [-0.3, -0.25) is 14.5 Å². The number of carbonyl (C=O) groups is 2. The lowest BCUT2D eigenvalue weighted by atomic mass is 10.0. The first-order chi connectivity index (χ1) is 12.5. The van der Waals surface area contributed by atoms with Gasteiger partial charge in [-0.1, -0.05) is 19.4 Å². The zero-order valence-electron chi connectivity index (χ0n) is 15.7. The summed E-state index contributed by atoms with van der Waals surface area (Å²) in [6, 6.07) is 3.48. The molecule has 1 aliphatic rings. The molecule has 0 unspecified atom stereocenters. The monoisotopic (exact) mass is 359 g/mol. The van der Waals surface area contributed by atoms with E-state index in [1.54, 1.807) is 18.2 Å². The highest BCUT2D eigenvalue weighted by Gasteiger charge is 2.25. The molecule has 1 aromatic carbocycles. The molecule has 26 heavy (non-hydrogen) atoms. The topological polar surface area (TPSA) is 65.1 Å². The van der Waals surface area contributed by atoms with Crippen molar-refractivity contribution in [3.05, 3.63) is 35.4 Å². The minimum absolute atomic E-state index is 0.197. The number of rotatable bonds is 7. The average Bonchev–Trinajstić information content (AvgIpc) is 2.66. The van der Waals surface area contributed by atoms with Gasteiger partial charge in [-0.2, -0.15) is 0 Å². The van der Waals surface area contributed by atoms with E-state index >= 15 is 0 Å². The Morgan fingerprint density at radius 3 is 2.35 bits per heavy atom. The molecule has 0 aliphatic carbocycles. The third-order valence-electron chi connectivity index (χ3n) is 4.15. The van der Waals surface area contributed by atoms with Gasteiger partial charge in [0.15, 0.2) is 11.5 Å². The highest BCUT2D eigenvalue weighted by molar-refractivity contribution is 6.09. The number of methoxy groups -OCH3 is 3. The maximum absolute atomic E-state index is 12.5. The van der Waals surface area contributed by atoms with Crippen molar-refractivity contribution in [1.82, 2.24) is 4.90 Å². The lowest BCUT2D eigenvalue weighted by molar-refractivity contribution is -0.139. The Kier molecular flexibility index (Phi) is 6.83. The van der Waals surface area contributed by atoms with Crippen LogP contribution in [-0.4, -0.2) is 44.6 Å². The largest absolute Gasteiger partial charge is 0.493 e. The molecule has 1 aliphatic heterocycles. The maximum atomic E-state index is 12.5. The fourth-order valence-electron chi connectivity index (χ4n) is 2.87. The summed E-state index contributed by atoms with van der Waals surface area (Å²) in [4.78, 5) is 26.2. The van der Waals surface area contributed by atoms with Crippen molar-refractivity contribution in [1.29, 1.82) is 0 Å². The molecule has 0 spiro atoms. The summed E-state index contributed by atoms with van der Waals surface area (Å²) in [5, 5.41) is 0. The Morgan fingerprint density at radius 2 is 1.81 bits per heavy atom. The number of nitrogens with zero attached hydrogens (tertiary/aromatic N) is 1. The fourth-order valence-corrected chi connectivity index (χ4v) is 2.87. The second-order valence-corrected chi connectivity index (χ2v) is 5.86. The van der Waals surface area contributed by atoms with E-state index in [0.717, 1.165) is 6.42 Å². The molecule has 1 heterocycles. The number of carbonyl (C=O) groups excluding carboxylic acids is 2. The molecule has 0 saturated heterocycles. The van der Waals surface area contributed by atoms with Gasteiger partial charge < -0.3 is 14.2 Å². The van der Waals surface area contributed by atoms with E-state index in [-0.39, 0.29) is 11.8 Å². The van der Waals surface area contributed by atoms with E-state index in [0.29, 0.717) is 47.8 Å². The minimum atomic E-state index is -0.328. The third kappa shape index (κ3) is 4.25. The van der Waals surface area contributed by atoms with Gasteiger partial charge >= 0.3 is 0 Å². The Bertz CT molecular complexity index is 711. The van der Waals surface area contributed by atoms with Crippen LogP contribution in [0.2, 0.25) is 0 Å². The molecule has 6 heteroatoms. The van der Waals surface area contributed by atoms with Crippen LogP contribution >= 0.6 is 0 Å². The molecular formula is C20H25NO5. The van der Waals surface area contributed by atoms with Gasteiger partial charge in [0, 0.05) is 18.2 Å². The molecule has 0 aromatic heterocycles. The normalized spacial score (nSPS) is 14.4. The van der Waals surface area contributed by atoms with Crippen LogP contribution in [0.1, 0.15) is 31.7 Å². The predicted molar refractivity (Wildman–Crippen MR) is 99.5 cm³/mol. The van der Waals surface area contributed by atoms with Crippen LogP contribution in [0.5, 0.6) is 17.2 Å². The summed E-state index contributed by atoms with van der Waals surface area (Å²) in [6.45, 7) is 2.42. The van der Waals surface area contributed by atoms with Crippen LogP contribution < -0.4 is 14.2 Å². The number of amides is 2. The summed E-state index contributed by atoms with van der Waals surface area (Å²) in [5.41, 5.74) is 1.43. The molecule has 0 radical (unpaired) electrons. The van der Waals surface area contributed by atoms with Crippen molar-refractivity contribution in [3.8, 4) is 17.2 Å². The Balaban J connectivity index is 2.20. The van der Waals surface area contributed by atoms with Crippen LogP contribution in [0.4, 0.5) is 0 Å². The number of hydrogen-bond acceptors (Lipinski definition) is 5. The summed E-state index contributed by atoms with van der Waals surface area (Å²) in [5.74, 6) is 0.962. The van der Waals surface area contributed by atoms with Crippen LogP contribution in [0.3, 0.4) is 0 Å². The summed E-state index contributed by atoms with van der Waals surface area (Å²) in [7, 11) is 4.59. The Labute approximate surface area is 154 Å². The average molecular weight is 359 g/mol. The molecule has 0 N–H and O–H groups in total. The maximum Gasteiger partial charge on any atom is 0.256 e. The molecule has 0 atom stereocenters. The third-order valence-corrected chi connectivity index (χ3v) is 4.15. The van der Waals surface area contributed by atoms with Crippen molar-refractivity contribution in [3.63, 3.8) is 0 Å². The highest BCUT2D eigenvalue weighted by atomic mass is 16.5. The predicted octanol–water partition coefficient (Wildman–Crippen LogP) is 3.21. The summed E-state index contributed by atoms with van der Waals surface area (Å²) < 4.78 is 15.9. The lowest BCUT2D eigenvalue weighted by Gasteiger charge is -2.24. The van der Waals surface area contributed by atoms with Gasteiger partial charge in [0.2, 0.25) is 5.75 Å². The van der Waals surface area contributed by atoms with Gasteiger partial charge in [0.05, 0.1) is 21.3 Å². The molecule has 0 saturated carbocycles. The number of benzene rings is 1. The van der Waals surface area contributed by atoms with E-state index in [9.17, 15) is 9.59 Å². The van der Waals surface area contributed by atoms with Crippen LogP contribution in [0, 0.1) is 0 Å². The van der Waals surface area contributed by atoms with Crippen molar-refractivity contribution >= 4 is 17.9 Å². The molecule has 2 amide bonds. The summed E-state index contributed by atoms with van der Waals surface area (Å²) in [6.07, 6.45) is 7.23. The van der Waals surface area contributed by atoms with Gasteiger partial charge in [-0.25, -0.2) is 0 Å². The number of ether oxygens (including phenoxy) is 3. The quantitative estimate of drug-likeness (QED) is 0.700. The van der Waals surface area contributed by atoms with Crippen molar-refractivity contribution in [2.75, 3.05) is 27.9 Å². The van der Waals surface area contributed by atoms with Gasteiger partial charge in [0.1, 0.15) is 0 Å². The summed E-state index contributed by atoms with van der Waals surface area (Å²) >= 11 is 0. The highest BCUT2D eigenvalue weighted by Crippen LogP contribution is 2.38. The van der Waals surface area contributed by atoms with Gasteiger partial charge in [-0.05, 0) is 36.6 Å². The minimum Gasteiger partial charge on any atom is -0.493 e. The molecule has 0 fully saturated rings. The number of imide groups is 1. The van der Waals surface area contributed by atoms with E-state index in [4.69, 9.17) is 14.2 Å². The first kappa shape index (κ1) is 19.6. The van der Waals surface area contributed by atoms with Crippen molar-refractivity contribution in [2.45, 2.75) is 26.2 Å². The lowest BCUT2D eigenvalue weighted by Crippen LogP contribution is -2.39. The first-order valence-electron chi connectivity index (χ1n) is 8.58. The number of hydrogen-bond donors (Lipinski definition) is 0. The van der Waals surface area contributed by atoms with Crippen LogP contribution in [0.25, 0.3) is 6.08 Å². The molecule has 6 nitrogen and oxygen atoms in total. The van der Waals surface area contributed by atoms with Gasteiger partial charge in [0.25, 0.3) is 11.8 Å². The van der Waals surface area contributed by atoms with Gasteiger partial charge in [-0.15, -0.1) is 0 Å². The Hall–Kier alpha value is -2.76. The van der Waals surface area contributed by atoms with Crippen LogP contribution in [-0.2, 0) is 9.59 Å². The van der Waals surface area contributed by atoms with Crippen molar-refractivity contribution < 1.29 is 23.8 Å². The molecular weight excluding hydrogens is 334 g/mol. The Morgan fingerprint density at radius 1 is 1.15 bits per heavy atom. The van der Waals surface area contributed by atoms with E-state index < -0.39 is 0 Å². The van der Waals surface area contributed by atoms with E-state index in [1.807, 2.05) is 13.0 Å². The molecule has 1 aromatic rings. The standard InChI is InChI=1S/C20H25NO5/c1-5-7-15-8-6-11-21(20(15)23)18(22)10-9-14-12-16(24-2)19(26-4)17(13-14)25-3/h8-10,12-13H,5-7,11H2,1-4H3/b10-9+. The van der Waals surface area contributed by atoms with Crippen LogP contribution in [0.15, 0.2) is 29.9 Å².